The number of hydrogen-bond acceptors (Lipinski definition) is 5. The predicted molar refractivity (Wildman–Crippen MR) is 73.9 cm³/mol. The first-order valence-corrected chi connectivity index (χ1v) is 7.11. The minimum absolute atomic E-state index is 0.156. The quantitative estimate of drug-likeness (QED) is 0.885. The highest BCUT2D eigenvalue weighted by atomic mass is 35.5. The van der Waals surface area contributed by atoms with E-state index in [0.29, 0.717) is 5.02 Å². The van der Waals surface area contributed by atoms with Gasteiger partial charge in [-0.2, -0.15) is 0 Å². The maximum Gasteiger partial charge on any atom is 0.0928 e. The van der Waals surface area contributed by atoms with E-state index in [1.807, 2.05) is 11.4 Å². The van der Waals surface area contributed by atoms with E-state index in [2.05, 4.69) is 26.8 Å². The van der Waals surface area contributed by atoms with E-state index < -0.39 is 0 Å². The standard InChI is InChI=1S/C12H15ClN4S/c1-2-4-15-11(12-8-18-17-16-12)6-9-3-5-14-7-10(9)13/h3,5,7-8,11,15H,2,4,6H2,1H3. The fourth-order valence-electron chi connectivity index (χ4n) is 1.71. The average Bonchev–Trinajstić information content (AvgIpc) is 2.90. The summed E-state index contributed by atoms with van der Waals surface area (Å²) in [4.78, 5) is 4.00. The number of rotatable bonds is 6. The highest BCUT2D eigenvalue weighted by Gasteiger charge is 2.15. The smallest absolute Gasteiger partial charge is 0.0928 e. The zero-order valence-electron chi connectivity index (χ0n) is 10.1. The average molecular weight is 283 g/mol. The third-order valence-corrected chi connectivity index (χ3v) is 3.52. The van der Waals surface area contributed by atoms with Crippen LogP contribution in [0.15, 0.2) is 23.8 Å². The molecule has 1 N–H and O–H groups in total. The summed E-state index contributed by atoms with van der Waals surface area (Å²) in [6, 6.07) is 2.10. The Balaban J connectivity index is 2.13. The maximum absolute atomic E-state index is 6.14. The van der Waals surface area contributed by atoms with Gasteiger partial charge in [-0.15, -0.1) is 5.10 Å². The molecule has 0 spiro atoms. The molecule has 2 rings (SSSR count). The van der Waals surface area contributed by atoms with Gasteiger partial charge in [-0.1, -0.05) is 23.0 Å². The van der Waals surface area contributed by atoms with Crippen molar-refractivity contribution in [2.45, 2.75) is 25.8 Å². The normalized spacial score (nSPS) is 12.6. The number of aromatic nitrogens is 3. The number of nitrogens with one attached hydrogen (secondary N) is 1. The van der Waals surface area contributed by atoms with Crippen LogP contribution in [-0.2, 0) is 6.42 Å². The van der Waals surface area contributed by atoms with Crippen molar-refractivity contribution in [3.63, 3.8) is 0 Å². The van der Waals surface area contributed by atoms with Gasteiger partial charge in [0.05, 0.1) is 16.8 Å². The highest BCUT2D eigenvalue weighted by molar-refractivity contribution is 7.03. The molecular weight excluding hydrogens is 268 g/mol. The summed E-state index contributed by atoms with van der Waals surface area (Å²) in [6.07, 6.45) is 5.31. The van der Waals surface area contributed by atoms with Crippen LogP contribution < -0.4 is 5.32 Å². The number of pyridine rings is 1. The Morgan fingerprint density at radius 2 is 2.39 bits per heavy atom. The van der Waals surface area contributed by atoms with Crippen molar-refractivity contribution >= 4 is 23.1 Å². The molecule has 0 amide bonds. The molecule has 0 aliphatic rings. The molecule has 2 aromatic rings. The number of hydrogen-bond donors (Lipinski definition) is 1. The van der Waals surface area contributed by atoms with Crippen LogP contribution in [0.2, 0.25) is 5.02 Å². The van der Waals surface area contributed by atoms with Gasteiger partial charge in [0, 0.05) is 17.8 Å². The molecule has 1 atom stereocenters. The summed E-state index contributed by atoms with van der Waals surface area (Å²) >= 11 is 7.51. The van der Waals surface area contributed by atoms with Crippen LogP contribution in [0.5, 0.6) is 0 Å². The van der Waals surface area contributed by atoms with Crippen LogP contribution in [0.25, 0.3) is 0 Å². The van der Waals surface area contributed by atoms with Crippen LogP contribution >= 0.6 is 23.1 Å². The summed E-state index contributed by atoms with van der Waals surface area (Å²) in [7, 11) is 0. The first kappa shape index (κ1) is 13.4. The number of nitrogens with zero attached hydrogens (tertiary/aromatic N) is 3. The summed E-state index contributed by atoms with van der Waals surface area (Å²) < 4.78 is 3.92. The Labute approximate surface area is 116 Å². The van der Waals surface area contributed by atoms with Gasteiger partial charge < -0.3 is 5.32 Å². The fraction of sp³-hybridized carbons (Fsp3) is 0.417. The minimum atomic E-state index is 0.156. The van der Waals surface area contributed by atoms with Crippen molar-refractivity contribution in [3.8, 4) is 0 Å². The van der Waals surface area contributed by atoms with E-state index in [9.17, 15) is 0 Å². The second-order valence-corrected chi connectivity index (χ2v) is 5.02. The Bertz CT molecular complexity index is 475. The molecule has 0 radical (unpaired) electrons. The molecule has 4 nitrogen and oxygen atoms in total. The first-order valence-electron chi connectivity index (χ1n) is 5.90. The molecule has 6 heteroatoms. The van der Waals surface area contributed by atoms with E-state index >= 15 is 0 Å². The minimum Gasteiger partial charge on any atom is -0.308 e. The van der Waals surface area contributed by atoms with Gasteiger partial charge in [0.1, 0.15) is 0 Å². The topological polar surface area (TPSA) is 50.7 Å². The molecule has 2 heterocycles. The van der Waals surface area contributed by atoms with E-state index in [0.717, 1.165) is 30.6 Å². The van der Waals surface area contributed by atoms with Crippen molar-refractivity contribution in [2.75, 3.05) is 6.54 Å². The monoisotopic (exact) mass is 282 g/mol. The van der Waals surface area contributed by atoms with Gasteiger partial charge >= 0.3 is 0 Å². The van der Waals surface area contributed by atoms with Gasteiger partial charge in [-0.25, -0.2) is 0 Å². The Kier molecular flexibility index (Phi) is 5.04. The zero-order valence-corrected chi connectivity index (χ0v) is 11.7. The van der Waals surface area contributed by atoms with Crippen LogP contribution in [0, 0.1) is 0 Å². The molecule has 0 saturated carbocycles. The fourth-order valence-corrected chi connectivity index (χ4v) is 2.42. The lowest BCUT2D eigenvalue weighted by Crippen LogP contribution is -2.24. The number of halogens is 1. The van der Waals surface area contributed by atoms with Gasteiger partial charge in [0.2, 0.25) is 0 Å². The second-order valence-electron chi connectivity index (χ2n) is 4.01. The predicted octanol–water partition coefficient (Wildman–Crippen LogP) is 2.87. The van der Waals surface area contributed by atoms with Gasteiger partial charge in [-0.05, 0) is 42.5 Å². The van der Waals surface area contributed by atoms with Crippen molar-refractivity contribution in [2.24, 2.45) is 0 Å². The summed E-state index contributed by atoms with van der Waals surface area (Å²) in [6.45, 7) is 3.09. The molecule has 18 heavy (non-hydrogen) atoms. The van der Waals surface area contributed by atoms with Gasteiger partial charge in [-0.3, -0.25) is 4.98 Å². The Morgan fingerprint density at radius 3 is 3.06 bits per heavy atom. The van der Waals surface area contributed by atoms with Gasteiger partial charge in [0.15, 0.2) is 0 Å². The molecule has 0 fully saturated rings. The molecule has 1 unspecified atom stereocenters. The zero-order chi connectivity index (χ0) is 12.8. The summed E-state index contributed by atoms with van der Waals surface area (Å²) in [5, 5.41) is 10.3. The Hall–Kier alpha value is -1.04. The van der Waals surface area contributed by atoms with Crippen LogP contribution in [-0.4, -0.2) is 21.1 Å². The SMILES string of the molecule is CCCNC(Cc1ccncc1Cl)c1csnn1. The molecule has 0 aliphatic heterocycles. The van der Waals surface area contributed by atoms with Crippen molar-refractivity contribution in [1.29, 1.82) is 0 Å². The van der Waals surface area contributed by atoms with Crippen molar-refractivity contribution in [1.82, 2.24) is 19.9 Å². The lowest BCUT2D eigenvalue weighted by atomic mass is 10.0. The lowest BCUT2D eigenvalue weighted by molar-refractivity contribution is 0.517. The van der Waals surface area contributed by atoms with E-state index in [1.54, 1.807) is 12.4 Å². The molecule has 96 valence electrons. The molecule has 0 aromatic carbocycles. The first-order chi connectivity index (χ1) is 8.81. The summed E-state index contributed by atoms with van der Waals surface area (Å²) in [5.41, 5.74) is 2.05. The highest BCUT2D eigenvalue weighted by Crippen LogP contribution is 2.22. The maximum atomic E-state index is 6.14. The van der Waals surface area contributed by atoms with Crippen LogP contribution in [0.1, 0.15) is 30.6 Å². The van der Waals surface area contributed by atoms with Crippen molar-refractivity contribution in [3.05, 3.63) is 40.1 Å². The summed E-state index contributed by atoms with van der Waals surface area (Å²) in [5.74, 6) is 0. The molecular formula is C12H15ClN4S. The third kappa shape index (κ3) is 3.48. The Morgan fingerprint density at radius 1 is 1.50 bits per heavy atom. The molecule has 0 bridgehead atoms. The largest absolute Gasteiger partial charge is 0.308 e. The lowest BCUT2D eigenvalue weighted by Gasteiger charge is -2.16. The van der Waals surface area contributed by atoms with E-state index in [1.165, 1.54) is 11.5 Å². The second kappa shape index (κ2) is 6.78. The van der Waals surface area contributed by atoms with Crippen molar-refractivity contribution < 1.29 is 0 Å². The van der Waals surface area contributed by atoms with Crippen LogP contribution in [0.4, 0.5) is 0 Å². The van der Waals surface area contributed by atoms with E-state index in [4.69, 9.17) is 11.6 Å². The van der Waals surface area contributed by atoms with E-state index in [-0.39, 0.29) is 6.04 Å². The van der Waals surface area contributed by atoms with Crippen LogP contribution in [0.3, 0.4) is 0 Å². The van der Waals surface area contributed by atoms with Gasteiger partial charge in [0.25, 0.3) is 0 Å². The third-order valence-electron chi connectivity index (χ3n) is 2.66. The molecule has 2 aromatic heterocycles. The molecule has 0 saturated heterocycles. The molecule has 0 aliphatic carbocycles.